The normalized spacial score (nSPS) is 19.3. The van der Waals surface area contributed by atoms with Crippen molar-refractivity contribution in [1.82, 2.24) is 9.47 Å². The van der Waals surface area contributed by atoms with E-state index in [1.54, 1.807) is 11.8 Å². The fourth-order valence-corrected chi connectivity index (χ4v) is 3.35. The topological polar surface area (TPSA) is 51.5 Å². The molecule has 2 fully saturated rings. The van der Waals surface area contributed by atoms with Gasteiger partial charge in [-0.15, -0.1) is 0 Å². The molecule has 1 amide bonds. The number of nitrogens with zero attached hydrogens (tertiary/aromatic N) is 2. The standard InChI is InChI=1S/C17H24N2O3/c1-11-10-15(12(2)19(11)14-6-7-14)17(21)22-13(3)16(20)18-8-4-5-9-18/h10,13-14H,4-9H2,1-3H3/t13-/m1/s1. The van der Waals surface area contributed by atoms with Crippen LogP contribution in [0.1, 0.15) is 60.4 Å². The lowest BCUT2D eigenvalue weighted by Gasteiger charge is -2.20. The summed E-state index contributed by atoms with van der Waals surface area (Å²) in [5, 5.41) is 0. The summed E-state index contributed by atoms with van der Waals surface area (Å²) < 4.78 is 7.63. The van der Waals surface area contributed by atoms with Crippen LogP contribution in [0.4, 0.5) is 0 Å². The molecule has 0 aromatic carbocycles. The van der Waals surface area contributed by atoms with E-state index in [1.165, 1.54) is 12.8 Å². The van der Waals surface area contributed by atoms with Gasteiger partial charge >= 0.3 is 5.97 Å². The fourth-order valence-electron chi connectivity index (χ4n) is 3.35. The highest BCUT2D eigenvalue weighted by Gasteiger charge is 2.31. The Morgan fingerprint density at radius 2 is 1.86 bits per heavy atom. The minimum Gasteiger partial charge on any atom is -0.449 e. The van der Waals surface area contributed by atoms with Crippen LogP contribution in [-0.4, -0.2) is 40.5 Å². The average Bonchev–Trinajstić information content (AvgIpc) is 3.06. The van der Waals surface area contributed by atoms with Crippen molar-refractivity contribution in [3.05, 3.63) is 23.0 Å². The first-order valence-electron chi connectivity index (χ1n) is 8.17. The van der Waals surface area contributed by atoms with Gasteiger partial charge in [0, 0.05) is 30.5 Å². The molecule has 1 aromatic heterocycles. The van der Waals surface area contributed by atoms with Crippen molar-refractivity contribution in [1.29, 1.82) is 0 Å². The summed E-state index contributed by atoms with van der Waals surface area (Å²) in [6.07, 6.45) is 3.71. The Hall–Kier alpha value is -1.78. The van der Waals surface area contributed by atoms with Crippen LogP contribution in [0.15, 0.2) is 6.07 Å². The number of aryl methyl sites for hydroxylation is 1. The van der Waals surface area contributed by atoms with E-state index in [4.69, 9.17) is 4.74 Å². The third kappa shape index (κ3) is 2.76. The maximum Gasteiger partial charge on any atom is 0.340 e. The molecule has 0 spiro atoms. The molecular weight excluding hydrogens is 280 g/mol. The van der Waals surface area contributed by atoms with Gasteiger partial charge < -0.3 is 14.2 Å². The van der Waals surface area contributed by atoms with Gasteiger partial charge in [-0.2, -0.15) is 0 Å². The van der Waals surface area contributed by atoms with Crippen molar-refractivity contribution in [3.8, 4) is 0 Å². The highest BCUT2D eigenvalue weighted by Crippen LogP contribution is 2.38. The lowest BCUT2D eigenvalue weighted by Crippen LogP contribution is -2.38. The molecule has 5 heteroatoms. The number of carbonyl (C=O) groups excluding carboxylic acids is 2. The summed E-state index contributed by atoms with van der Waals surface area (Å²) in [6.45, 7) is 7.18. The molecule has 0 bridgehead atoms. The van der Waals surface area contributed by atoms with E-state index in [-0.39, 0.29) is 11.9 Å². The van der Waals surface area contributed by atoms with Gasteiger partial charge in [0.25, 0.3) is 5.91 Å². The van der Waals surface area contributed by atoms with Crippen LogP contribution in [-0.2, 0) is 9.53 Å². The van der Waals surface area contributed by atoms with E-state index in [2.05, 4.69) is 4.57 Å². The Morgan fingerprint density at radius 3 is 2.45 bits per heavy atom. The first-order chi connectivity index (χ1) is 10.5. The number of rotatable bonds is 4. The Labute approximate surface area is 131 Å². The molecule has 1 aliphatic heterocycles. The summed E-state index contributed by atoms with van der Waals surface area (Å²) in [7, 11) is 0. The van der Waals surface area contributed by atoms with Crippen molar-refractivity contribution in [2.75, 3.05) is 13.1 Å². The molecular formula is C17H24N2O3. The Morgan fingerprint density at radius 1 is 1.23 bits per heavy atom. The number of ether oxygens (including phenoxy) is 1. The van der Waals surface area contributed by atoms with Crippen LogP contribution in [0.5, 0.6) is 0 Å². The van der Waals surface area contributed by atoms with Gasteiger partial charge in [0.05, 0.1) is 5.56 Å². The second-order valence-electron chi connectivity index (χ2n) is 6.47. The summed E-state index contributed by atoms with van der Waals surface area (Å²) in [6, 6.07) is 2.41. The van der Waals surface area contributed by atoms with E-state index in [0.717, 1.165) is 37.3 Å². The third-order valence-corrected chi connectivity index (χ3v) is 4.67. The van der Waals surface area contributed by atoms with E-state index >= 15 is 0 Å². The molecule has 0 unspecified atom stereocenters. The number of aromatic nitrogens is 1. The van der Waals surface area contributed by atoms with Crippen molar-refractivity contribution in [2.45, 2.75) is 58.6 Å². The van der Waals surface area contributed by atoms with E-state index < -0.39 is 6.10 Å². The molecule has 5 nitrogen and oxygen atoms in total. The molecule has 1 atom stereocenters. The van der Waals surface area contributed by atoms with Crippen LogP contribution in [0.2, 0.25) is 0 Å². The van der Waals surface area contributed by atoms with Gasteiger partial charge in [-0.1, -0.05) is 0 Å². The van der Waals surface area contributed by atoms with Gasteiger partial charge in [-0.25, -0.2) is 4.79 Å². The summed E-state index contributed by atoms with van der Waals surface area (Å²) in [5.74, 6) is -0.470. The zero-order valence-corrected chi connectivity index (χ0v) is 13.6. The van der Waals surface area contributed by atoms with Crippen LogP contribution in [0, 0.1) is 13.8 Å². The molecule has 22 heavy (non-hydrogen) atoms. The van der Waals surface area contributed by atoms with Crippen LogP contribution in [0.25, 0.3) is 0 Å². The van der Waals surface area contributed by atoms with Crippen molar-refractivity contribution >= 4 is 11.9 Å². The van der Waals surface area contributed by atoms with Crippen molar-refractivity contribution in [2.24, 2.45) is 0 Å². The summed E-state index contributed by atoms with van der Waals surface area (Å²) in [4.78, 5) is 26.4. The first-order valence-corrected chi connectivity index (χ1v) is 8.17. The molecule has 0 N–H and O–H groups in total. The maximum absolute atomic E-state index is 12.4. The molecule has 120 valence electrons. The molecule has 2 aliphatic rings. The minimum atomic E-state index is -0.713. The lowest BCUT2D eigenvalue weighted by molar-refractivity contribution is -0.138. The number of likely N-dealkylation sites (tertiary alicyclic amines) is 1. The van der Waals surface area contributed by atoms with E-state index in [1.807, 2.05) is 19.9 Å². The van der Waals surface area contributed by atoms with Crippen LogP contribution >= 0.6 is 0 Å². The van der Waals surface area contributed by atoms with Gasteiger partial charge in [0.1, 0.15) is 0 Å². The van der Waals surface area contributed by atoms with Crippen LogP contribution in [0.3, 0.4) is 0 Å². The number of esters is 1. The van der Waals surface area contributed by atoms with Gasteiger partial charge in [0.15, 0.2) is 6.10 Å². The van der Waals surface area contributed by atoms with E-state index in [0.29, 0.717) is 11.6 Å². The Bertz CT molecular complexity index is 595. The number of hydrogen-bond donors (Lipinski definition) is 0. The molecule has 1 saturated carbocycles. The molecule has 0 radical (unpaired) electrons. The zero-order valence-electron chi connectivity index (χ0n) is 13.6. The predicted molar refractivity (Wildman–Crippen MR) is 82.9 cm³/mol. The second-order valence-corrected chi connectivity index (χ2v) is 6.47. The first kappa shape index (κ1) is 15.1. The minimum absolute atomic E-state index is 0.0816. The Kier molecular flexibility index (Phi) is 3.98. The average molecular weight is 304 g/mol. The molecule has 1 aliphatic carbocycles. The van der Waals surface area contributed by atoms with Gasteiger partial charge in [-0.3, -0.25) is 4.79 Å². The van der Waals surface area contributed by atoms with E-state index in [9.17, 15) is 9.59 Å². The fraction of sp³-hybridized carbons (Fsp3) is 0.647. The van der Waals surface area contributed by atoms with Gasteiger partial charge in [-0.05, 0) is 52.5 Å². The smallest absolute Gasteiger partial charge is 0.340 e. The SMILES string of the molecule is Cc1cc(C(=O)O[C@H](C)C(=O)N2CCCC2)c(C)n1C1CC1. The monoisotopic (exact) mass is 304 g/mol. The number of carbonyl (C=O) groups is 2. The number of amides is 1. The summed E-state index contributed by atoms with van der Waals surface area (Å²) >= 11 is 0. The highest BCUT2D eigenvalue weighted by molar-refractivity contribution is 5.93. The molecule has 1 aromatic rings. The second kappa shape index (κ2) is 5.78. The quantitative estimate of drug-likeness (QED) is 0.803. The van der Waals surface area contributed by atoms with Crippen molar-refractivity contribution in [3.63, 3.8) is 0 Å². The largest absolute Gasteiger partial charge is 0.449 e. The molecule has 2 heterocycles. The highest BCUT2D eigenvalue weighted by atomic mass is 16.5. The lowest BCUT2D eigenvalue weighted by atomic mass is 10.2. The Balaban J connectivity index is 1.69. The van der Waals surface area contributed by atoms with Crippen molar-refractivity contribution < 1.29 is 14.3 Å². The third-order valence-electron chi connectivity index (χ3n) is 4.67. The maximum atomic E-state index is 12.4. The van der Waals surface area contributed by atoms with Crippen LogP contribution < -0.4 is 0 Å². The number of hydrogen-bond acceptors (Lipinski definition) is 3. The zero-order chi connectivity index (χ0) is 15.9. The molecule has 3 rings (SSSR count). The molecule has 1 saturated heterocycles. The van der Waals surface area contributed by atoms with Gasteiger partial charge in [0.2, 0.25) is 0 Å². The summed E-state index contributed by atoms with van der Waals surface area (Å²) in [5.41, 5.74) is 2.63. The predicted octanol–water partition coefficient (Wildman–Crippen LogP) is 2.61.